The summed E-state index contributed by atoms with van der Waals surface area (Å²) in [5.74, 6) is -3.70. The van der Waals surface area contributed by atoms with E-state index in [1.807, 2.05) is 19.2 Å². The third-order valence-corrected chi connectivity index (χ3v) is 2.65. The van der Waals surface area contributed by atoms with Gasteiger partial charge < -0.3 is 10.6 Å². The van der Waals surface area contributed by atoms with E-state index < -0.39 is 24.2 Å². The smallest absolute Gasteiger partial charge is 0.348 e. The van der Waals surface area contributed by atoms with Crippen molar-refractivity contribution in [3.8, 4) is 0 Å². The van der Waals surface area contributed by atoms with Gasteiger partial charge in [-0.1, -0.05) is 39.5 Å². The van der Waals surface area contributed by atoms with Crippen molar-refractivity contribution in [1.82, 2.24) is 10.6 Å². The number of alkyl halides is 6. The number of nitrogens with one attached hydrogen (secondary N) is 2. The lowest BCUT2D eigenvalue weighted by molar-refractivity contribution is -0.173. The number of halogens is 6. The lowest BCUT2D eigenvalue weighted by Crippen LogP contribution is -2.37. The van der Waals surface area contributed by atoms with Crippen molar-refractivity contribution in [2.24, 2.45) is 0 Å². The number of unbranched alkanes of at least 4 members (excludes halogenated alkanes) is 4. The second-order valence-electron chi connectivity index (χ2n) is 4.92. The minimum absolute atomic E-state index is 0.0921. The van der Waals surface area contributed by atoms with Crippen LogP contribution >= 0.6 is 0 Å². The molecule has 0 bridgehead atoms. The lowest BCUT2D eigenvalue weighted by Gasteiger charge is -2.06. The van der Waals surface area contributed by atoms with Crippen LogP contribution in [0.1, 0.15) is 52.4 Å². The molecule has 0 aliphatic rings. The predicted molar refractivity (Wildman–Crippen MR) is 77.2 cm³/mol. The summed E-state index contributed by atoms with van der Waals surface area (Å²) in [6.45, 7) is 4.04. The Balaban J connectivity index is 0. The Morgan fingerprint density at radius 3 is 1.38 bits per heavy atom. The van der Waals surface area contributed by atoms with Crippen LogP contribution in [0.25, 0.3) is 0 Å². The third-order valence-electron chi connectivity index (χ3n) is 2.65. The molecule has 0 unspecified atom stereocenters. The van der Waals surface area contributed by atoms with Crippen LogP contribution in [0.2, 0.25) is 0 Å². The van der Waals surface area contributed by atoms with Gasteiger partial charge in [0.15, 0.2) is 0 Å². The van der Waals surface area contributed by atoms with Gasteiger partial charge in [0.05, 0.1) is 0 Å². The van der Waals surface area contributed by atoms with Gasteiger partial charge in [-0.15, -0.1) is 0 Å². The molecule has 0 saturated carbocycles. The number of rotatable bonds is 8. The van der Waals surface area contributed by atoms with Crippen LogP contribution < -0.4 is 10.6 Å². The van der Waals surface area contributed by atoms with Crippen molar-refractivity contribution in [3.05, 3.63) is 0 Å². The van der Waals surface area contributed by atoms with E-state index in [-0.39, 0.29) is 13.1 Å². The van der Waals surface area contributed by atoms with E-state index in [9.17, 15) is 35.9 Å². The SMILES string of the molecule is CCCCCCNC(=O)C(F)(F)F.CCCCNC(=O)C(F)(F)F. The zero-order valence-corrected chi connectivity index (χ0v) is 13.7. The first-order chi connectivity index (χ1) is 11.0. The van der Waals surface area contributed by atoms with Crippen LogP contribution in [0.4, 0.5) is 26.3 Å². The first-order valence-electron chi connectivity index (χ1n) is 7.66. The summed E-state index contributed by atoms with van der Waals surface area (Å²) >= 11 is 0. The van der Waals surface area contributed by atoms with Gasteiger partial charge in [-0.3, -0.25) is 9.59 Å². The maximum Gasteiger partial charge on any atom is 0.471 e. The number of amides is 2. The fraction of sp³-hybridized carbons (Fsp3) is 0.857. The normalized spacial score (nSPS) is 11.3. The largest absolute Gasteiger partial charge is 0.471 e. The first kappa shape index (κ1) is 24.8. The molecule has 2 amide bonds. The molecule has 0 aliphatic carbocycles. The molecule has 0 rings (SSSR count). The van der Waals surface area contributed by atoms with Gasteiger partial charge in [0.25, 0.3) is 0 Å². The van der Waals surface area contributed by atoms with Crippen molar-refractivity contribution < 1.29 is 35.9 Å². The Labute approximate surface area is 137 Å². The number of hydrogen-bond acceptors (Lipinski definition) is 2. The van der Waals surface area contributed by atoms with Gasteiger partial charge in [-0.25, -0.2) is 0 Å². The molecule has 0 aromatic rings. The van der Waals surface area contributed by atoms with Gasteiger partial charge in [0.2, 0.25) is 0 Å². The van der Waals surface area contributed by atoms with Crippen LogP contribution in [0, 0.1) is 0 Å². The highest BCUT2D eigenvalue weighted by molar-refractivity contribution is 5.81. The zero-order chi connectivity index (χ0) is 19.2. The molecule has 0 aromatic heterocycles. The summed E-state index contributed by atoms with van der Waals surface area (Å²) in [5.41, 5.74) is 0. The summed E-state index contributed by atoms with van der Waals surface area (Å²) in [6, 6.07) is 0. The molecule has 10 heteroatoms. The molecule has 0 atom stereocenters. The summed E-state index contributed by atoms with van der Waals surface area (Å²) in [7, 11) is 0. The third kappa shape index (κ3) is 15.4. The monoisotopic (exact) mass is 366 g/mol. The van der Waals surface area contributed by atoms with Crippen molar-refractivity contribution in [3.63, 3.8) is 0 Å². The highest BCUT2D eigenvalue weighted by atomic mass is 19.4. The number of hydrogen-bond donors (Lipinski definition) is 2. The fourth-order valence-electron chi connectivity index (χ4n) is 1.33. The Bertz CT molecular complexity index is 356. The second-order valence-corrected chi connectivity index (χ2v) is 4.92. The molecule has 144 valence electrons. The summed E-state index contributed by atoms with van der Waals surface area (Å²) < 4.78 is 69.2. The van der Waals surface area contributed by atoms with Crippen molar-refractivity contribution in [2.45, 2.75) is 64.7 Å². The molecule has 4 nitrogen and oxygen atoms in total. The first-order valence-corrected chi connectivity index (χ1v) is 7.66. The molecular weight excluding hydrogens is 342 g/mol. The quantitative estimate of drug-likeness (QED) is 0.508. The van der Waals surface area contributed by atoms with E-state index in [0.717, 1.165) is 25.7 Å². The van der Waals surface area contributed by atoms with Crippen LogP contribution in [-0.2, 0) is 9.59 Å². The topological polar surface area (TPSA) is 58.2 Å². The van der Waals surface area contributed by atoms with Gasteiger partial charge >= 0.3 is 24.2 Å². The number of carbonyl (C=O) groups is 2. The summed E-state index contributed by atoms with van der Waals surface area (Å²) in [5, 5.41) is 3.58. The van der Waals surface area contributed by atoms with Crippen molar-refractivity contribution in [2.75, 3.05) is 13.1 Å². The molecule has 0 fully saturated rings. The minimum atomic E-state index is -4.75. The highest BCUT2D eigenvalue weighted by Gasteiger charge is 2.38. The molecule has 0 radical (unpaired) electrons. The highest BCUT2D eigenvalue weighted by Crippen LogP contribution is 2.14. The van der Waals surface area contributed by atoms with Gasteiger partial charge in [-0.2, -0.15) is 26.3 Å². The maximum absolute atomic E-state index is 11.6. The van der Waals surface area contributed by atoms with Crippen LogP contribution in [0.3, 0.4) is 0 Å². The van der Waals surface area contributed by atoms with Gasteiger partial charge in [-0.05, 0) is 12.8 Å². The zero-order valence-electron chi connectivity index (χ0n) is 13.7. The Kier molecular flexibility index (Phi) is 13.3. The molecular formula is C14H24F6N2O2. The summed E-state index contributed by atoms with van der Waals surface area (Å²) in [4.78, 5) is 20.4. The molecule has 0 heterocycles. The van der Waals surface area contributed by atoms with Crippen LogP contribution in [0.15, 0.2) is 0 Å². The average Bonchev–Trinajstić information content (AvgIpc) is 2.45. The maximum atomic E-state index is 11.6. The van der Waals surface area contributed by atoms with E-state index in [2.05, 4.69) is 0 Å². The predicted octanol–water partition coefficient (Wildman–Crippen LogP) is 3.71. The van der Waals surface area contributed by atoms with Gasteiger partial charge in [0, 0.05) is 13.1 Å². The molecule has 0 saturated heterocycles. The molecule has 0 spiro atoms. The Morgan fingerprint density at radius 2 is 1.04 bits per heavy atom. The van der Waals surface area contributed by atoms with Gasteiger partial charge in [0.1, 0.15) is 0 Å². The lowest BCUT2D eigenvalue weighted by atomic mass is 10.2. The molecule has 0 aliphatic heterocycles. The standard InChI is InChI=1S/C8H14F3NO.C6H10F3NO/c1-2-3-4-5-6-12-7(13)8(9,10)11;1-2-3-4-10-5(11)6(7,8)9/h2-6H2,1H3,(H,12,13);2-4H2,1H3,(H,10,11). The van der Waals surface area contributed by atoms with Crippen molar-refractivity contribution in [1.29, 1.82) is 0 Å². The molecule has 2 N–H and O–H groups in total. The van der Waals surface area contributed by atoms with Crippen molar-refractivity contribution >= 4 is 11.8 Å². The number of carbonyl (C=O) groups excluding carboxylic acids is 2. The Hall–Kier alpha value is -1.48. The second kappa shape index (κ2) is 12.9. The average molecular weight is 366 g/mol. The van der Waals surface area contributed by atoms with E-state index in [0.29, 0.717) is 12.8 Å². The van der Waals surface area contributed by atoms with Crippen LogP contribution in [0.5, 0.6) is 0 Å². The van der Waals surface area contributed by atoms with E-state index in [1.54, 1.807) is 5.32 Å². The Morgan fingerprint density at radius 1 is 0.667 bits per heavy atom. The fourth-order valence-corrected chi connectivity index (χ4v) is 1.33. The van der Waals surface area contributed by atoms with E-state index in [1.165, 1.54) is 0 Å². The van der Waals surface area contributed by atoms with Crippen LogP contribution in [-0.4, -0.2) is 37.3 Å². The minimum Gasteiger partial charge on any atom is -0.348 e. The van der Waals surface area contributed by atoms with E-state index in [4.69, 9.17) is 0 Å². The summed E-state index contributed by atoms with van der Waals surface area (Å²) in [6.07, 6.45) is -4.68. The molecule has 24 heavy (non-hydrogen) atoms. The molecule has 0 aromatic carbocycles. The van der Waals surface area contributed by atoms with E-state index >= 15 is 0 Å².